The van der Waals surface area contributed by atoms with Crippen molar-refractivity contribution in [2.24, 2.45) is 5.41 Å². The molecule has 33 heavy (non-hydrogen) atoms. The Kier molecular flexibility index (Phi) is 7.07. The third-order valence-electron chi connectivity index (χ3n) is 5.67. The molecule has 0 bridgehead atoms. The van der Waals surface area contributed by atoms with Crippen molar-refractivity contribution in [1.82, 2.24) is 10.6 Å². The Morgan fingerprint density at radius 3 is 2.06 bits per heavy atom. The molecule has 0 spiro atoms. The van der Waals surface area contributed by atoms with Crippen molar-refractivity contribution >= 4 is 18.0 Å². The maximum absolute atomic E-state index is 12.8. The molecule has 172 valence electrons. The Hall–Kier alpha value is -3.79. The molecule has 1 aliphatic carbocycles. The molecular weight excluding hydrogens is 420 g/mol. The number of benzene rings is 2. The molecule has 0 heterocycles. The van der Waals surface area contributed by atoms with Crippen LogP contribution in [0.25, 0.3) is 11.1 Å². The summed E-state index contributed by atoms with van der Waals surface area (Å²) < 4.78 is 5.54. The third-order valence-corrected chi connectivity index (χ3v) is 5.67. The van der Waals surface area contributed by atoms with E-state index in [9.17, 15) is 19.5 Å². The van der Waals surface area contributed by atoms with Crippen LogP contribution in [0.1, 0.15) is 44.2 Å². The smallest absolute Gasteiger partial charge is 0.407 e. The van der Waals surface area contributed by atoms with Crippen molar-refractivity contribution in [2.45, 2.75) is 45.2 Å². The van der Waals surface area contributed by atoms with Crippen LogP contribution in [-0.4, -0.2) is 41.8 Å². The molecule has 0 aromatic heterocycles. The second-order valence-electron chi connectivity index (χ2n) is 9.08. The number of terminal acetylenes is 1. The van der Waals surface area contributed by atoms with E-state index < -0.39 is 35.5 Å². The zero-order valence-corrected chi connectivity index (χ0v) is 18.9. The summed E-state index contributed by atoms with van der Waals surface area (Å²) in [5.41, 5.74) is 3.68. The SMILES string of the molecule is C#CCC(NC(=O)[C@H](NC(=O)OCC1c2ccccc2-c2ccccc21)C(C)(C)C)C(=O)O. The highest BCUT2D eigenvalue weighted by Crippen LogP contribution is 2.44. The highest BCUT2D eigenvalue weighted by atomic mass is 16.5. The van der Waals surface area contributed by atoms with Gasteiger partial charge in [0.2, 0.25) is 5.91 Å². The lowest BCUT2D eigenvalue weighted by molar-refractivity contribution is -0.142. The van der Waals surface area contributed by atoms with Crippen LogP contribution in [-0.2, 0) is 14.3 Å². The van der Waals surface area contributed by atoms with E-state index in [0.717, 1.165) is 22.3 Å². The molecule has 2 aromatic carbocycles. The number of hydrogen-bond donors (Lipinski definition) is 3. The first kappa shape index (κ1) is 23.9. The molecule has 0 saturated carbocycles. The van der Waals surface area contributed by atoms with Crippen molar-refractivity contribution < 1.29 is 24.2 Å². The van der Waals surface area contributed by atoms with Gasteiger partial charge in [0.05, 0.1) is 0 Å². The molecule has 0 radical (unpaired) electrons. The van der Waals surface area contributed by atoms with Crippen LogP contribution in [0.4, 0.5) is 4.79 Å². The summed E-state index contributed by atoms with van der Waals surface area (Å²) in [6.45, 7) is 5.39. The van der Waals surface area contributed by atoms with Gasteiger partial charge in [-0.2, -0.15) is 0 Å². The molecule has 2 atom stereocenters. The lowest BCUT2D eigenvalue weighted by Crippen LogP contribution is -2.56. The molecule has 1 unspecified atom stereocenters. The Balaban J connectivity index is 1.70. The largest absolute Gasteiger partial charge is 0.480 e. The minimum atomic E-state index is -1.24. The summed E-state index contributed by atoms with van der Waals surface area (Å²) in [5, 5.41) is 14.3. The zero-order valence-electron chi connectivity index (χ0n) is 18.9. The number of carbonyl (C=O) groups is 3. The summed E-state index contributed by atoms with van der Waals surface area (Å²) in [6.07, 6.45) is 4.28. The fourth-order valence-electron chi connectivity index (χ4n) is 4.01. The fraction of sp³-hybridized carbons (Fsp3) is 0.346. The summed E-state index contributed by atoms with van der Waals surface area (Å²) in [5.74, 6) is 0.239. The number of fused-ring (bicyclic) bond motifs is 3. The molecule has 7 nitrogen and oxygen atoms in total. The number of ether oxygens (including phenoxy) is 1. The van der Waals surface area contributed by atoms with Crippen LogP contribution in [0, 0.1) is 17.8 Å². The van der Waals surface area contributed by atoms with E-state index in [1.165, 1.54) is 0 Å². The Morgan fingerprint density at radius 2 is 1.58 bits per heavy atom. The van der Waals surface area contributed by atoms with E-state index in [-0.39, 0.29) is 18.9 Å². The van der Waals surface area contributed by atoms with Gasteiger partial charge < -0.3 is 20.5 Å². The predicted molar refractivity (Wildman–Crippen MR) is 124 cm³/mol. The van der Waals surface area contributed by atoms with Gasteiger partial charge in [0, 0.05) is 12.3 Å². The molecule has 3 N–H and O–H groups in total. The third kappa shape index (κ3) is 5.35. The number of alkyl carbamates (subject to hydrolysis) is 1. The number of carbonyl (C=O) groups excluding carboxylic acids is 2. The molecule has 0 aliphatic heterocycles. The standard InChI is InChI=1S/C26H28N2O5/c1-5-10-21(24(30)31)27-23(29)22(26(2,3)4)28-25(32)33-15-20-18-13-8-6-11-16(18)17-12-7-9-14-19(17)20/h1,6-9,11-14,20-22H,10,15H2,2-4H3,(H,27,29)(H,28,32)(H,30,31)/t21?,22-/m0/s1. The van der Waals surface area contributed by atoms with Gasteiger partial charge in [-0.25, -0.2) is 9.59 Å². The van der Waals surface area contributed by atoms with Crippen LogP contribution in [0.2, 0.25) is 0 Å². The highest BCUT2D eigenvalue weighted by molar-refractivity contribution is 5.90. The quantitative estimate of drug-likeness (QED) is 0.562. The maximum Gasteiger partial charge on any atom is 0.407 e. The van der Waals surface area contributed by atoms with Crippen molar-refractivity contribution in [1.29, 1.82) is 0 Å². The number of hydrogen-bond acceptors (Lipinski definition) is 4. The number of carboxylic acids is 1. The van der Waals surface area contributed by atoms with Crippen LogP contribution >= 0.6 is 0 Å². The van der Waals surface area contributed by atoms with Crippen molar-refractivity contribution in [2.75, 3.05) is 6.61 Å². The summed E-state index contributed by atoms with van der Waals surface area (Å²) >= 11 is 0. The second-order valence-corrected chi connectivity index (χ2v) is 9.08. The summed E-state index contributed by atoms with van der Waals surface area (Å²) in [4.78, 5) is 36.8. The van der Waals surface area contributed by atoms with Gasteiger partial charge in [-0.3, -0.25) is 4.79 Å². The van der Waals surface area contributed by atoms with Crippen molar-refractivity contribution in [3.05, 3.63) is 59.7 Å². The molecule has 2 aromatic rings. The topological polar surface area (TPSA) is 105 Å². The number of amides is 2. The van der Waals surface area contributed by atoms with Crippen LogP contribution in [0.15, 0.2) is 48.5 Å². The minimum absolute atomic E-state index is 0.104. The van der Waals surface area contributed by atoms with E-state index in [0.29, 0.717) is 0 Å². The van der Waals surface area contributed by atoms with E-state index in [1.54, 1.807) is 20.8 Å². The van der Waals surface area contributed by atoms with Crippen LogP contribution in [0.5, 0.6) is 0 Å². The van der Waals surface area contributed by atoms with E-state index in [1.807, 2.05) is 48.5 Å². The van der Waals surface area contributed by atoms with Crippen molar-refractivity contribution in [3.8, 4) is 23.5 Å². The van der Waals surface area contributed by atoms with E-state index in [4.69, 9.17) is 11.2 Å². The Labute approximate surface area is 193 Å². The number of nitrogens with one attached hydrogen (secondary N) is 2. The molecule has 3 rings (SSSR count). The first-order valence-corrected chi connectivity index (χ1v) is 10.7. The maximum atomic E-state index is 12.8. The molecule has 2 amide bonds. The van der Waals surface area contributed by atoms with Gasteiger partial charge in [0.1, 0.15) is 18.7 Å². The first-order chi connectivity index (χ1) is 15.6. The number of aliphatic carboxylic acids is 1. The molecule has 0 saturated heterocycles. The van der Waals surface area contributed by atoms with Crippen LogP contribution in [0.3, 0.4) is 0 Å². The van der Waals surface area contributed by atoms with Gasteiger partial charge in [-0.1, -0.05) is 69.3 Å². The highest BCUT2D eigenvalue weighted by Gasteiger charge is 2.36. The second kappa shape index (κ2) is 9.78. The summed E-state index contributed by atoms with van der Waals surface area (Å²) in [6, 6.07) is 13.7. The van der Waals surface area contributed by atoms with Gasteiger partial charge in [0.15, 0.2) is 0 Å². The van der Waals surface area contributed by atoms with Gasteiger partial charge in [-0.05, 0) is 27.7 Å². The Morgan fingerprint density at radius 1 is 1.03 bits per heavy atom. The lowest BCUT2D eigenvalue weighted by atomic mass is 9.86. The molecular formula is C26H28N2O5. The fourth-order valence-corrected chi connectivity index (χ4v) is 4.01. The number of rotatable bonds is 7. The number of carboxylic acid groups (broad SMARTS) is 1. The van der Waals surface area contributed by atoms with E-state index >= 15 is 0 Å². The Bertz CT molecular complexity index is 1050. The zero-order chi connectivity index (χ0) is 24.2. The average molecular weight is 449 g/mol. The van der Waals surface area contributed by atoms with Gasteiger partial charge in [0.25, 0.3) is 0 Å². The van der Waals surface area contributed by atoms with Gasteiger partial charge >= 0.3 is 12.1 Å². The van der Waals surface area contributed by atoms with Crippen molar-refractivity contribution in [3.63, 3.8) is 0 Å². The molecule has 7 heteroatoms. The monoisotopic (exact) mass is 448 g/mol. The van der Waals surface area contributed by atoms with Gasteiger partial charge in [-0.15, -0.1) is 12.3 Å². The lowest BCUT2D eigenvalue weighted by Gasteiger charge is -2.31. The summed E-state index contributed by atoms with van der Waals surface area (Å²) in [7, 11) is 0. The normalized spacial score (nSPS) is 14.2. The average Bonchev–Trinajstić information content (AvgIpc) is 3.08. The predicted octanol–water partition coefficient (Wildman–Crippen LogP) is 3.53. The van der Waals surface area contributed by atoms with E-state index in [2.05, 4.69) is 16.6 Å². The molecule has 0 fully saturated rings. The first-order valence-electron chi connectivity index (χ1n) is 10.7. The van der Waals surface area contributed by atoms with Crippen LogP contribution < -0.4 is 10.6 Å². The molecule has 1 aliphatic rings. The minimum Gasteiger partial charge on any atom is -0.480 e.